The molecule has 26 heavy (non-hydrogen) atoms. The van der Waals surface area contributed by atoms with Crippen LogP contribution in [0.25, 0.3) is 0 Å². The highest BCUT2D eigenvalue weighted by Crippen LogP contribution is 2.10. The molecule has 0 aromatic heterocycles. The molecule has 2 amide bonds. The molecule has 2 aromatic rings. The van der Waals surface area contributed by atoms with Gasteiger partial charge < -0.3 is 16.4 Å². The summed E-state index contributed by atoms with van der Waals surface area (Å²) in [6.45, 7) is 2.56. The molecule has 0 aliphatic rings. The van der Waals surface area contributed by atoms with Gasteiger partial charge in [-0.15, -0.1) is 24.2 Å². The highest BCUT2D eigenvalue weighted by atomic mass is 35.5. The molecule has 140 valence electrons. The molecule has 5 nitrogen and oxygen atoms in total. The van der Waals surface area contributed by atoms with Crippen molar-refractivity contribution < 1.29 is 9.59 Å². The lowest BCUT2D eigenvalue weighted by Crippen LogP contribution is -2.28. The Bertz CT molecular complexity index is 706. The van der Waals surface area contributed by atoms with Crippen LogP contribution in [0.1, 0.15) is 11.1 Å². The molecular weight excluding hydrogens is 370 g/mol. The Hall–Kier alpha value is -2.18. The molecule has 0 spiro atoms. The number of benzene rings is 2. The Kier molecular flexibility index (Phi) is 9.62. The van der Waals surface area contributed by atoms with Gasteiger partial charge in [-0.3, -0.25) is 9.59 Å². The van der Waals surface area contributed by atoms with Crippen LogP contribution in [0.5, 0.6) is 0 Å². The Labute approximate surface area is 164 Å². The van der Waals surface area contributed by atoms with Gasteiger partial charge in [0.2, 0.25) is 11.8 Å². The van der Waals surface area contributed by atoms with E-state index in [0.29, 0.717) is 6.54 Å². The van der Waals surface area contributed by atoms with Gasteiger partial charge in [-0.2, -0.15) is 0 Å². The molecule has 0 saturated heterocycles. The zero-order valence-electron chi connectivity index (χ0n) is 14.7. The summed E-state index contributed by atoms with van der Waals surface area (Å²) < 4.78 is 0. The van der Waals surface area contributed by atoms with Gasteiger partial charge in [0, 0.05) is 17.9 Å². The predicted octanol–water partition coefficient (Wildman–Crippen LogP) is 3.03. The Balaban J connectivity index is 0.00000338. The van der Waals surface area contributed by atoms with E-state index in [1.807, 2.05) is 55.5 Å². The first-order chi connectivity index (χ1) is 12.0. The minimum absolute atomic E-state index is 0. The number of thioether (sulfide) groups is 1. The van der Waals surface area contributed by atoms with Crippen molar-refractivity contribution in [2.45, 2.75) is 13.3 Å². The van der Waals surface area contributed by atoms with Crippen LogP contribution >= 0.6 is 24.2 Å². The minimum Gasteiger partial charge on any atom is -0.399 e. The van der Waals surface area contributed by atoms with Gasteiger partial charge in [-0.1, -0.05) is 29.8 Å². The van der Waals surface area contributed by atoms with E-state index >= 15 is 0 Å². The van der Waals surface area contributed by atoms with E-state index in [1.165, 1.54) is 11.8 Å². The maximum atomic E-state index is 11.8. The average Bonchev–Trinajstić information content (AvgIpc) is 2.59. The van der Waals surface area contributed by atoms with E-state index < -0.39 is 0 Å². The second-order valence-corrected chi connectivity index (χ2v) is 6.73. The van der Waals surface area contributed by atoms with Crippen LogP contribution in [0, 0.1) is 6.92 Å². The Morgan fingerprint density at radius 3 is 2.23 bits per heavy atom. The van der Waals surface area contributed by atoms with Gasteiger partial charge >= 0.3 is 0 Å². The van der Waals surface area contributed by atoms with Gasteiger partial charge in [0.15, 0.2) is 0 Å². The van der Waals surface area contributed by atoms with E-state index in [2.05, 4.69) is 10.6 Å². The van der Waals surface area contributed by atoms with Crippen LogP contribution in [0.15, 0.2) is 48.5 Å². The van der Waals surface area contributed by atoms with Crippen molar-refractivity contribution in [2.24, 2.45) is 0 Å². The molecule has 7 heteroatoms. The number of amides is 2. The number of nitrogens with one attached hydrogen (secondary N) is 2. The smallest absolute Gasteiger partial charge is 0.234 e. The molecule has 0 fully saturated rings. The molecule has 0 aliphatic heterocycles. The summed E-state index contributed by atoms with van der Waals surface area (Å²) in [4.78, 5) is 23.6. The summed E-state index contributed by atoms with van der Waals surface area (Å²) in [7, 11) is 0. The van der Waals surface area contributed by atoms with Crippen molar-refractivity contribution in [1.82, 2.24) is 5.32 Å². The van der Waals surface area contributed by atoms with Gasteiger partial charge in [0.05, 0.1) is 11.5 Å². The highest BCUT2D eigenvalue weighted by Gasteiger charge is 2.06. The van der Waals surface area contributed by atoms with Crippen LogP contribution in [0.2, 0.25) is 0 Å². The summed E-state index contributed by atoms with van der Waals surface area (Å²) >= 11 is 1.30. The van der Waals surface area contributed by atoms with E-state index in [-0.39, 0.29) is 35.7 Å². The van der Waals surface area contributed by atoms with Crippen molar-refractivity contribution in [2.75, 3.05) is 29.1 Å². The quantitative estimate of drug-likeness (QED) is 0.602. The van der Waals surface area contributed by atoms with Crippen molar-refractivity contribution in [1.29, 1.82) is 0 Å². The normalized spacial score (nSPS) is 9.88. The lowest BCUT2D eigenvalue weighted by Gasteiger charge is -2.07. The van der Waals surface area contributed by atoms with Gasteiger partial charge in [-0.25, -0.2) is 0 Å². The van der Waals surface area contributed by atoms with Crippen molar-refractivity contribution in [3.05, 3.63) is 59.7 Å². The average molecular weight is 394 g/mol. The first-order valence-corrected chi connectivity index (χ1v) is 9.24. The molecule has 4 N–H and O–H groups in total. The van der Waals surface area contributed by atoms with E-state index in [0.717, 1.165) is 28.9 Å². The SMILES string of the molecule is Cc1ccc(NC(=O)CSCC(=O)NCCc2ccc(N)cc2)cc1.Cl. The lowest BCUT2D eigenvalue weighted by molar-refractivity contribution is -0.118. The zero-order valence-corrected chi connectivity index (χ0v) is 16.3. The molecule has 0 saturated carbocycles. The molecule has 0 unspecified atom stereocenters. The fourth-order valence-electron chi connectivity index (χ4n) is 2.15. The van der Waals surface area contributed by atoms with Crippen LogP contribution in [-0.2, 0) is 16.0 Å². The highest BCUT2D eigenvalue weighted by molar-refractivity contribution is 8.00. The third-order valence-corrected chi connectivity index (χ3v) is 4.45. The third-order valence-electron chi connectivity index (χ3n) is 3.52. The van der Waals surface area contributed by atoms with Crippen LogP contribution in [0.4, 0.5) is 11.4 Å². The number of rotatable bonds is 8. The fraction of sp³-hybridized carbons (Fsp3) is 0.263. The maximum absolute atomic E-state index is 11.8. The summed E-state index contributed by atoms with van der Waals surface area (Å²) in [5, 5.41) is 5.66. The standard InChI is InChI=1S/C19H23N3O2S.ClH/c1-14-2-8-17(9-3-14)22-19(24)13-25-12-18(23)21-11-10-15-4-6-16(20)7-5-15;/h2-9H,10-13,20H2,1H3,(H,21,23)(H,22,24);1H. The number of carbonyl (C=O) groups excluding carboxylic acids is 2. The summed E-state index contributed by atoms with van der Waals surface area (Å²) in [5.41, 5.74) is 9.40. The number of nitrogen functional groups attached to an aromatic ring is 1. The monoisotopic (exact) mass is 393 g/mol. The summed E-state index contributed by atoms with van der Waals surface area (Å²) in [6, 6.07) is 15.2. The van der Waals surface area contributed by atoms with Crippen molar-refractivity contribution in [3.63, 3.8) is 0 Å². The molecular formula is C19H24ClN3O2S. The Morgan fingerprint density at radius 2 is 1.58 bits per heavy atom. The van der Waals surface area contributed by atoms with Gasteiger partial charge in [0.25, 0.3) is 0 Å². The number of aryl methyl sites for hydroxylation is 1. The van der Waals surface area contributed by atoms with E-state index in [9.17, 15) is 9.59 Å². The summed E-state index contributed by atoms with van der Waals surface area (Å²) in [6.07, 6.45) is 0.755. The lowest BCUT2D eigenvalue weighted by atomic mass is 10.1. The van der Waals surface area contributed by atoms with Crippen molar-refractivity contribution >= 4 is 47.4 Å². The number of hydrogen-bond acceptors (Lipinski definition) is 4. The van der Waals surface area contributed by atoms with E-state index in [4.69, 9.17) is 5.73 Å². The number of carbonyl (C=O) groups is 2. The van der Waals surface area contributed by atoms with Gasteiger partial charge in [0.1, 0.15) is 0 Å². The number of hydrogen-bond donors (Lipinski definition) is 3. The molecule has 0 heterocycles. The topological polar surface area (TPSA) is 84.2 Å². The van der Waals surface area contributed by atoms with Crippen LogP contribution in [0.3, 0.4) is 0 Å². The largest absolute Gasteiger partial charge is 0.399 e. The third kappa shape index (κ3) is 8.27. The minimum atomic E-state index is -0.108. The first-order valence-electron chi connectivity index (χ1n) is 8.08. The second kappa shape index (κ2) is 11.4. The first kappa shape index (κ1) is 21.9. The number of anilines is 2. The van der Waals surface area contributed by atoms with Crippen molar-refractivity contribution in [3.8, 4) is 0 Å². The zero-order chi connectivity index (χ0) is 18.1. The van der Waals surface area contributed by atoms with Crippen LogP contribution < -0.4 is 16.4 Å². The number of nitrogens with two attached hydrogens (primary N) is 1. The van der Waals surface area contributed by atoms with Gasteiger partial charge in [-0.05, 0) is 43.2 Å². The fourth-order valence-corrected chi connectivity index (χ4v) is 2.80. The molecule has 0 aliphatic carbocycles. The van der Waals surface area contributed by atoms with Crippen LogP contribution in [-0.4, -0.2) is 29.9 Å². The molecule has 2 aromatic carbocycles. The second-order valence-electron chi connectivity index (χ2n) is 5.75. The molecule has 0 radical (unpaired) electrons. The van der Waals surface area contributed by atoms with E-state index in [1.54, 1.807) is 0 Å². The molecule has 2 rings (SSSR count). The molecule has 0 atom stereocenters. The summed E-state index contributed by atoms with van der Waals surface area (Å²) in [5.74, 6) is 0.342. The number of halogens is 1. The molecule has 0 bridgehead atoms. The Morgan fingerprint density at radius 1 is 0.962 bits per heavy atom. The maximum Gasteiger partial charge on any atom is 0.234 e. The predicted molar refractivity (Wildman–Crippen MR) is 112 cm³/mol.